The van der Waals surface area contributed by atoms with E-state index in [9.17, 15) is 4.79 Å². The van der Waals surface area contributed by atoms with E-state index in [-0.39, 0.29) is 5.91 Å². The molecule has 0 radical (unpaired) electrons. The van der Waals surface area contributed by atoms with Gasteiger partial charge in [-0.3, -0.25) is 9.89 Å². The van der Waals surface area contributed by atoms with Crippen molar-refractivity contribution in [3.05, 3.63) is 30.0 Å². The number of amides is 1. The lowest BCUT2D eigenvalue weighted by molar-refractivity contribution is 0.0677. The van der Waals surface area contributed by atoms with Gasteiger partial charge < -0.3 is 9.64 Å². The second-order valence-electron chi connectivity index (χ2n) is 5.36. The normalized spacial score (nSPS) is 14.7. The molecule has 1 N–H and O–H groups in total. The second-order valence-corrected chi connectivity index (χ2v) is 5.36. The minimum atomic E-state index is -0.0718. The van der Waals surface area contributed by atoms with E-state index in [0.29, 0.717) is 18.8 Å². The van der Waals surface area contributed by atoms with Gasteiger partial charge in [-0.15, -0.1) is 0 Å². The molecular formula is C15H19N3O2. The molecule has 1 aromatic heterocycles. The number of aromatic nitrogens is 2. The van der Waals surface area contributed by atoms with Crippen molar-refractivity contribution in [3.63, 3.8) is 0 Å². The lowest BCUT2D eigenvalue weighted by Gasteiger charge is -2.16. The minimum Gasteiger partial charge on any atom is -0.379 e. The van der Waals surface area contributed by atoms with E-state index >= 15 is 0 Å². The lowest BCUT2D eigenvalue weighted by Crippen LogP contribution is -2.30. The Hall–Kier alpha value is -1.88. The standard InChI is InChI=1S/C15H19N3O2/c1-18(8-9-20-10-11-6-7-11)15(19)14-12-4-2-3-5-13(12)16-17-14/h2-5,11H,6-10H2,1H3,(H,16,17). The molecule has 106 valence electrons. The predicted octanol–water partition coefficient (Wildman–Crippen LogP) is 2.06. The Balaban J connectivity index is 1.59. The number of aromatic amines is 1. The third-order valence-corrected chi connectivity index (χ3v) is 3.64. The molecule has 0 unspecified atom stereocenters. The van der Waals surface area contributed by atoms with Crippen LogP contribution in [0.4, 0.5) is 0 Å². The highest BCUT2D eigenvalue weighted by Gasteiger charge is 2.21. The summed E-state index contributed by atoms with van der Waals surface area (Å²) in [5, 5.41) is 7.88. The van der Waals surface area contributed by atoms with Gasteiger partial charge in [0.25, 0.3) is 5.91 Å². The van der Waals surface area contributed by atoms with Crippen LogP contribution in [0.2, 0.25) is 0 Å². The summed E-state index contributed by atoms with van der Waals surface area (Å²) in [6, 6.07) is 7.65. The Kier molecular flexibility index (Phi) is 3.69. The van der Waals surface area contributed by atoms with Crippen molar-refractivity contribution in [2.75, 3.05) is 26.8 Å². The molecule has 5 heteroatoms. The fourth-order valence-corrected chi connectivity index (χ4v) is 2.14. The SMILES string of the molecule is CN(CCOCC1CC1)C(=O)c1n[nH]c2ccccc12. The van der Waals surface area contributed by atoms with Crippen LogP contribution in [0.1, 0.15) is 23.3 Å². The maximum atomic E-state index is 12.3. The average molecular weight is 273 g/mol. The highest BCUT2D eigenvalue weighted by molar-refractivity contribution is 6.04. The van der Waals surface area contributed by atoms with Crippen LogP contribution in [-0.4, -0.2) is 47.8 Å². The molecule has 2 aromatic rings. The zero-order valence-electron chi connectivity index (χ0n) is 11.6. The number of benzene rings is 1. The van der Waals surface area contributed by atoms with Crippen LogP contribution in [0.15, 0.2) is 24.3 Å². The topological polar surface area (TPSA) is 58.2 Å². The Labute approximate surface area is 117 Å². The Bertz CT molecular complexity index is 604. The van der Waals surface area contributed by atoms with Crippen molar-refractivity contribution in [1.82, 2.24) is 15.1 Å². The van der Waals surface area contributed by atoms with Crippen molar-refractivity contribution in [3.8, 4) is 0 Å². The molecule has 1 aromatic carbocycles. The molecule has 0 aliphatic heterocycles. The minimum absolute atomic E-state index is 0.0718. The van der Waals surface area contributed by atoms with Crippen LogP contribution in [-0.2, 0) is 4.74 Å². The number of H-pyrrole nitrogens is 1. The average Bonchev–Trinajstić information content (AvgIpc) is 3.20. The molecular weight excluding hydrogens is 254 g/mol. The van der Waals surface area contributed by atoms with Crippen molar-refractivity contribution >= 4 is 16.8 Å². The molecule has 3 rings (SSSR count). The molecule has 20 heavy (non-hydrogen) atoms. The number of ether oxygens (including phenoxy) is 1. The molecule has 1 aliphatic carbocycles. The summed E-state index contributed by atoms with van der Waals surface area (Å²) in [5.74, 6) is 0.684. The molecule has 1 aliphatic rings. The summed E-state index contributed by atoms with van der Waals surface area (Å²) in [7, 11) is 1.78. The molecule has 1 fully saturated rings. The summed E-state index contributed by atoms with van der Waals surface area (Å²) in [6.07, 6.45) is 2.57. The van der Waals surface area contributed by atoms with Gasteiger partial charge in [-0.25, -0.2) is 0 Å². The van der Waals surface area contributed by atoms with E-state index in [1.807, 2.05) is 24.3 Å². The Morgan fingerprint density at radius 3 is 3.05 bits per heavy atom. The fourth-order valence-electron chi connectivity index (χ4n) is 2.14. The van der Waals surface area contributed by atoms with E-state index in [2.05, 4.69) is 10.2 Å². The van der Waals surface area contributed by atoms with Gasteiger partial charge in [-0.05, 0) is 24.8 Å². The van der Waals surface area contributed by atoms with Gasteiger partial charge in [0.05, 0.1) is 12.1 Å². The summed E-state index contributed by atoms with van der Waals surface area (Å²) in [5.41, 5.74) is 1.36. The number of carbonyl (C=O) groups excluding carboxylic acids is 1. The number of nitrogens with zero attached hydrogens (tertiary/aromatic N) is 2. The van der Waals surface area contributed by atoms with Crippen LogP contribution in [0, 0.1) is 5.92 Å². The van der Waals surface area contributed by atoms with Crippen molar-refractivity contribution in [1.29, 1.82) is 0 Å². The van der Waals surface area contributed by atoms with Gasteiger partial charge in [0, 0.05) is 25.6 Å². The number of nitrogens with one attached hydrogen (secondary N) is 1. The van der Waals surface area contributed by atoms with Gasteiger partial charge in [0.1, 0.15) is 0 Å². The zero-order chi connectivity index (χ0) is 13.9. The predicted molar refractivity (Wildman–Crippen MR) is 76.6 cm³/mol. The van der Waals surface area contributed by atoms with Gasteiger partial charge in [0.15, 0.2) is 5.69 Å². The molecule has 1 saturated carbocycles. The first kappa shape index (κ1) is 13.1. The Morgan fingerprint density at radius 2 is 2.25 bits per heavy atom. The van der Waals surface area contributed by atoms with Gasteiger partial charge in [-0.2, -0.15) is 5.10 Å². The first-order valence-electron chi connectivity index (χ1n) is 7.02. The third kappa shape index (κ3) is 2.82. The number of likely N-dealkylation sites (N-methyl/N-ethyl adjacent to an activating group) is 1. The number of hydrogen-bond acceptors (Lipinski definition) is 3. The first-order chi connectivity index (χ1) is 9.75. The van der Waals surface area contributed by atoms with Crippen LogP contribution in [0.3, 0.4) is 0 Å². The van der Waals surface area contributed by atoms with Gasteiger partial charge in [-0.1, -0.05) is 18.2 Å². The van der Waals surface area contributed by atoms with Crippen molar-refractivity contribution < 1.29 is 9.53 Å². The lowest BCUT2D eigenvalue weighted by atomic mass is 10.2. The zero-order valence-corrected chi connectivity index (χ0v) is 11.6. The Morgan fingerprint density at radius 1 is 1.45 bits per heavy atom. The van der Waals surface area contributed by atoms with E-state index in [1.165, 1.54) is 12.8 Å². The van der Waals surface area contributed by atoms with Crippen LogP contribution < -0.4 is 0 Å². The van der Waals surface area contributed by atoms with Gasteiger partial charge in [0.2, 0.25) is 0 Å². The fraction of sp³-hybridized carbons (Fsp3) is 0.467. The van der Waals surface area contributed by atoms with E-state index < -0.39 is 0 Å². The number of carbonyl (C=O) groups is 1. The number of hydrogen-bond donors (Lipinski definition) is 1. The number of fused-ring (bicyclic) bond motifs is 1. The smallest absolute Gasteiger partial charge is 0.274 e. The summed E-state index contributed by atoms with van der Waals surface area (Å²) in [4.78, 5) is 14.0. The molecule has 0 bridgehead atoms. The maximum Gasteiger partial charge on any atom is 0.274 e. The molecule has 1 heterocycles. The largest absolute Gasteiger partial charge is 0.379 e. The van der Waals surface area contributed by atoms with Crippen molar-refractivity contribution in [2.45, 2.75) is 12.8 Å². The monoisotopic (exact) mass is 273 g/mol. The van der Waals surface area contributed by atoms with E-state index in [4.69, 9.17) is 4.74 Å². The van der Waals surface area contributed by atoms with E-state index in [1.54, 1.807) is 11.9 Å². The summed E-state index contributed by atoms with van der Waals surface area (Å²) in [6.45, 7) is 2.00. The highest BCUT2D eigenvalue weighted by Crippen LogP contribution is 2.28. The molecule has 5 nitrogen and oxygen atoms in total. The maximum absolute atomic E-state index is 12.3. The molecule has 1 amide bonds. The summed E-state index contributed by atoms with van der Waals surface area (Å²) < 4.78 is 5.56. The molecule has 0 spiro atoms. The highest BCUT2D eigenvalue weighted by atomic mass is 16.5. The first-order valence-corrected chi connectivity index (χ1v) is 7.02. The number of rotatable bonds is 6. The molecule has 0 saturated heterocycles. The van der Waals surface area contributed by atoms with Crippen molar-refractivity contribution in [2.24, 2.45) is 5.92 Å². The summed E-state index contributed by atoms with van der Waals surface area (Å²) >= 11 is 0. The van der Waals surface area contributed by atoms with Crippen LogP contribution in [0.5, 0.6) is 0 Å². The van der Waals surface area contributed by atoms with Gasteiger partial charge >= 0.3 is 0 Å². The second kappa shape index (κ2) is 5.63. The third-order valence-electron chi connectivity index (χ3n) is 3.64. The van der Waals surface area contributed by atoms with Crippen LogP contribution in [0.25, 0.3) is 10.9 Å². The molecule has 0 atom stereocenters. The quantitative estimate of drug-likeness (QED) is 0.820. The van der Waals surface area contributed by atoms with E-state index in [0.717, 1.165) is 23.4 Å². The van der Waals surface area contributed by atoms with Crippen LogP contribution >= 0.6 is 0 Å². The number of para-hydroxylation sites is 1.